The van der Waals surface area contributed by atoms with Gasteiger partial charge in [0.1, 0.15) is 11.8 Å². The first-order chi connectivity index (χ1) is 17.6. The molecular weight excluding hydrogens is 492 g/mol. The summed E-state index contributed by atoms with van der Waals surface area (Å²) in [6.45, 7) is 4.49. The van der Waals surface area contributed by atoms with Gasteiger partial charge in [0, 0.05) is 10.4 Å². The Kier molecular flexibility index (Phi) is 6.97. The Morgan fingerprint density at radius 3 is 2.61 bits per heavy atom. The van der Waals surface area contributed by atoms with E-state index in [-0.39, 0.29) is 12.2 Å². The number of thiophene rings is 1. The summed E-state index contributed by atoms with van der Waals surface area (Å²) >= 11 is 2.80. The van der Waals surface area contributed by atoms with E-state index in [1.165, 1.54) is 22.7 Å². The van der Waals surface area contributed by atoms with E-state index in [0.29, 0.717) is 27.2 Å². The largest absolute Gasteiger partial charge is 0.494 e. The Balaban J connectivity index is 1.77. The van der Waals surface area contributed by atoms with E-state index >= 15 is 0 Å². The summed E-state index contributed by atoms with van der Waals surface area (Å²) in [6, 6.07) is 20.4. The molecule has 0 unspecified atom stereocenters. The Labute approximate surface area is 216 Å². The van der Waals surface area contributed by atoms with E-state index < -0.39 is 12.0 Å². The van der Waals surface area contributed by atoms with Gasteiger partial charge >= 0.3 is 5.97 Å². The normalized spacial score (nSPS) is 15.4. The summed E-state index contributed by atoms with van der Waals surface area (Å²) in [5, 5.41) is 1.94. The lowest BCUT2D eigenvalue weighted by Gasteiger charge is -2.24. The number of carbonyl (C=O) groups is 1. The summed E-state index contributed by atoms with van der Waals surface area (Å²) in [7, 11) is 0. The summed E-state index contributed by atoms with van der Waals surface area (Å²) in [5.74, 6) is 0.267. The van der Waals surface area contributed by atoms with Gasteiger partial charge in [0.15, 0.2) is 4.80 Å². The van der Waals surface area contributed by atoms with Gasteiger partial charge in [-0.05, 0) is 49.1 Å². The van der Waals surface area contributed by atoms with Gasteiger partial charge in [0.25, 0.3) is 5.56 Å². The van der Waals surface area contributed by atoms with E-state index in [1.54, 1.807) is 11.5 Å². The number of thiazole rings is 1. The minimum Gasteiger partial charge on any atom is -0.494 e. The van der Waals surface area contributed by atoms with Crippen molar-refractivity contribution in [3.05, 3.63) is 113 Å². The molecule has 0 bridgehead atoms. The minimum atomic E-state index is -0.632. The van der Waals surface area contributed by atoms with E-state index in [4.69, 9.17) is 14.5 Å². The van der Waals surface area contributed by atoms with Gasteiger partial charge in [-0.15, -0.1) is 11.3 Å². The van der Waals surface area contributed by atoms with E-state index in [1.807, 2.05) is 85.1 Å². The maximum Gasteiger partial charge on any atom is 0.338 e. The number of fused-ring (bicyclic) bond motifs is 1. The molecular formula is C28H24N2O4S2. The van der Waals surface area contributed by atoms with Crippen molar-refractivity contribution in [3.63, 3.8) is 0 Å². The maximum atomic E-state index is 13.8. The van der Waals surface area contributed by atoms with Crippen molar-refractivity contribution in [3.8, 4) is 5.75 Å². The van der Waals surface area contributed by atoms with Crippen LogP contribution in [-0.4, -0.2) is 23.8 Å². The fraction of sp³-hybridized carbons (Fsp3) is 0.179. The van der Waals surface area contributed by atoms with Crippen LogP contribution in [0.25, 0.3) is 11.8 Å². The Morgan fingerprint density at radius 2 is 1.89 bits per heavy atom. The van der Waals surface area contributed by atoms with Crippen LogP contribution < -0.4 is 19.6 Å². The summed E-state index contributed by atoms with van der Waals surface area (Å²) in [5.41, 5.74) is 2.34. The number of carbonyl (C=O) groups excluding carboxylic acids is 1. The van der Waals surface area contributed by atoms with Crippen molar-refractivity contribution in [2.75, 3.05) is 13.2 Å². The molecule has 1 aliphatic rings. The molecule has 36 heavy (non-hydrogen) atoms. The van der Waals surface area contributed by atoms with Gasteiger partial charge in [0.2, 0.25) is 0 Å². The summed E-state index contributed by atoms with van der Waals surface area (Å²) < 4.78 is 13.2. The molecule has 8 heteroatoms. The number of esters is 1. The van der Waals surface area contributed by atoms with Gasteiger partial charge in [0.05, 0.1) is 29.0 Å². The second-order valence-electron chi connectivity index (χ2n) is 7.95. The molecule has 3 heterocycles. The second-order valence-corrected chi connectivity index (χ2v) is 9.94. The number of hydrogen-bond acceptors (Lipinski definition) is 7. The predicted octanol–water partition coefficient (Wildman–Crippen LogP) is 4.40. The van der Waals surface area contributed by atoms with Crippen molar-refractivity contribution < 1.29 is 14.3 Å². The van der Waals surface area contributed by atoms with Gasteiger partial charge < -0.3 is 9.47 Å². The van der Waals surface area contributed by atoms with Gasteiger partial charge in [-0.2, -0.15) is 0 Å². The van der Waals surface area contributed by atoms with Crippen molar-refractivity contribution >= 4 is 40.4 Å². The fourth-order valence-electron chi connectivity index (χ4n) is 4.17. The molecule has 0 spiro atoms. The van der Waals surface area contributed by atoms with Crippen molar-refractivity contribution in [1.82, 2.24) is 4.57 Å². The Bertz CT molecular complexity index is 1600. The van der Waals surface area contributed by atoms with Crippen LogP contribution in [0.15, 0.2) is 87.5 Å². The minimum absolute atomic E-state index is 0.201. The van der Waals surface area contributed by atoms with Gasteiger partial charge in [-0.25, -0.2) is 9.79 Å². The lowest BCUT2D eigenvalue weighted by molar-refractivity contribution is -0.138. The molecule has 0 amide bonds. The Morgan fingerprint density at radius 1 is 1.06 bits per heavy atom. The van der Waals surface area contributed by atoms with E-state index in [0.717, 1.165) is 21.8 Å². The highest BCUT2D eigenvalue weighted by atomic mass is 32.1. The monoisotopic (exact) mass is 516 g/mol. The lowest BCUT2D eigenvalue weighted by atomic mass is 9.97. The molecule has 0 N–H and O–H groups in total. The summed E-state index contributed by atoms with van der Waals surface area (Å²) in [4.78, 5) is 33.4. The molecule has 1 atom stereocenters. The molecule has 6 nitrogen and oxygen atoms in total. The molecule has 5 rings (SSSR count). The molecule has 182 valence electrons. The highest BCUT2D eigenvalue weighted by molar-refractivity contribution is 7.10. The molecule has 4 aromatic rings. The van der Waals surface area contributed by atoms with Crippen LogP contribution in [0.2, 0.25) is 0 Å². The zero-order chi connectivity index (χ0) is 25.1. The lowest BCUT2D eigenvalue weighted by Crippen LogP contribution is -2.39. The zero-order valence-corrected chi connectivity index (χ0v) is 21.5. The standard InChI is InChI=1S/C28H24N2O4S2/c1-3-33-20-13-8-10-18(16-20)17-22-26(31)30-25(21-14-9-15-35-21)23(27(32)34-4-2)24(29-28(30)36-22)19-11-6-5-7-12-19/h5-17,25H,3-4H2,1-2H3/b22-17-/t25-/m0/s1. The van der Waals surface area contributed by atoms with Crippen LogP contribution in [0.4, 0.5) is 0 Å². The molecule has 0 fully saturated rings. The van der Waals surface area contributed by atoms with Gasteiger partial charge in [-0.3, -0.25) is 9.36 Å². The van der Waals surface area contributed by atoms with Crippen LogP contribution in [-0.2, 0) is 9.53 Å². The van der Waals surface area contributed by atoms with E-state index in [2.05, 4.69) is 0 Å². The molecule has 0 saturated heterocycles. The highest BCUT2D eigenvalue weighted by Crippen LogP contribution is 2.36. The number of nitrogens with zero attached hydrogens (tertiary/aromatic N) is 2. The average Bonchev–Trinajstić information content (AvgIpc) is 3.53. The third kappa shape index (κ3) is 4.57. The molecule has 2 aromatic heterocycles. The topological polar surface area (TPSA) is 69.9 Å². The van der Waals surface area contributed by atoms with Crippen molar-refractivity contribution in [2.45, 2.75) is 19.9 Å². The number of benzene rings is 2. The highest BCUT2D eigenvalue weighted by Gasteiger charge is 2.35. The van der Waals surface area contributed by atoms with E-state index in [9.17, 15) is 9.59 Å². The predicted molar refractivity (Wildman–Crippen MR) is 143 cm³/mol. The SMILES string of the molecule is CCOC(=O)C1=C(c2ccccc2)N=c2s/c(=C\c3cccc(OCC)c3)c(=O)n2[C@H]1c1cccs1. The smallest absolute Gasteiger partial charge is 0.338 e. The molecule has 1 aliphatic heterocycles. The van der Waals surface area contributed by atoms with Crippen molar-refractivity contribution in [1.29, 1.82) is 0 Å². The third-order valence-corrected chi connectivity index (χ3v) is 7.56. The van der Waals surface area contributed by atoms with Crippen molar-refractivity contribution in [2.24, 2.45) is 4.99 Å². The van der Waals surface area contributed by atoms with Crippen LogP contribution in [0, 0.1) is 0 Å². The van der Waals surface area contributed by atoms with Crippen LogP contribution in [0.1, 0.15) is 35.9 Å². The number of hydrogen-bond donors (Lipinski definition) is 0. The first-order valence-electron chi connectivity index (χ1n) is 11.7. The first kappa shape index (κ1) is 24.0. The summed E-state index contributed by atoms with van der Waals surface area (Å²) in [6.07, 6.45) is 1.84. The van der Waals surface area contributed by atoms with Gasteiger partial charge in [-0.1, -0.05) is 59.9 Å². The molecule has 0 saturated carbocycles. The second kappa shape index (κ2) is 10.5. The quantitative estimate of drug-likeness (QED) is 0.342. The Hall–Kier alpha value is -3.75. The fourth-order valence-corrected chi connectivity index (χ4v) is 5.99. The van der Waals surface area contributed by atoms with Crippen LogP contribution >= 0.6 is 22.7 Å². The number of aromatic nitrogens is 1. The third-order valence-electron chi connectivity index (χ3n) is 5.65. The number of ether oxygens (including phenoxy) is 2. The molecule has 2 aromatic carbocycles. The average molecular weight is 517 g/mol. The number of rotatable bonds is 7. The molecule has 0 aliphatic carbocycles. The zero-order valence-electron chi connectivity index (χ0n) is 19.8. The molecule has 0 radical (unpaired) electrons. The van der Waals surface area contributed by atoms with Crippen LogP contribution in [0.5, 0.6) is 5.75 Å². The van der Waals surface area contributed by atoms with Crippen LogP contribution in [0.3, 0.4) is 0 Å². The maximum absolute atomic E-state index is 13.8. The first-order valence-corrected chi connectivity index (χ1v) is 13.3.